The molecule has 10 heteroatoms. The Hall–Kier alpha value is -2.66. The van der Waals surface area contributed by atoms with Crippen molar-refractivity contribution in [2.24, 2.45) is 5.92 Å². The van der Waals surface area contributed by atoms with E-state index in [-0.39, 0.29) is 12.5 Å². The van der Waals surface area contributed by atoms with Crippen LogP contribution in [-0.4, -0.2) is 41.7 Å². The van der Waals surface area contributed by atoms with Crippen molar-refractivity contribution in [2.75, 3.05) is 18.0 Å². The van der Waals surface area contributed by atoms with Gasteiger partial charge in [0.05, 0.1) is 22.7 Å². The minimum Gasteiger partial charge on any atom is -0.283 e. The molecule has 0 spiro atoms. The van der Waals surface area contributed by atoms with Crippen molar-refractivity contribution in [3.8, 4) is 0 Å². The number of rotatable bonds is 6. The van der Waals surface area contributed by atoms with Crippen molar-refractivity contribution in [3.05, 3.63) is 71.4 Å². The number of hydrogen-bond acceptors (Lipinski definition) is 7. The molecule has 34 heavy (non-hydrogen) atoms. The highest BCUT2D eigenvalue weighted by Gasteiger charge is 2.36. The fraction of sp³-hybridized carbons (Fsp3) is 0.292. The van der Waals surface area contributed by atoms with E-state index in [9.17, 15) is 13.2 Å². The van der Waals surface area contributed by atoms with E-state index in [0.717, 1.165) is 21.3 Å². The summed E-state index contributed by atoms with van der Waals surface area (Å²) < 4.78 is 29.0. The second-order valence-electron chi connectivity index (χ2n) is 8.39. The summed E-state index contributed by atoms with van der Waals surface area (Å²) in [6.45, 7) is 2.96. The van der Waals surface area contributed by atoms with E-state index in [2.05, 4.69) is 11.1 Å². The summed E-state index contributed by atoms with van der Waals surface area (Å²) in [6.07, 6.45) is 4.72. The zero-order valence-electron chi connectivity index (χ0n) is 18.6. The summed E-state index contributed by atoms with van der Waals surface area (Å²) in [4.78, 5) is 24.5. The van der Waals surface area contributed by atoms with Gasteiger partial charge in [-0.3, -0.25) is 14.7 Å². The van der Waals surface area contributed by atoms with Crippen LogP contribution in [0.4, 0.5) is 5.13 Å². The molecule has 0 bridgehead atoms. The van der Waals surface area contributed by atoms with E-state index < -0.39 is 15.9 Å². The molecule has 1 atom stereocenters. The summed E-state index contributed by atoms with van der Waals surface area (Å²) in [5.41, 5.74) is 2.87. The van der Waals surface area contributed by atoms with Gasteiger partial charge >= 0.3 is 0 Å². The molecule has 0 N–H and O–H groups in total. The number of amides is 1. The molecule has 4 aromatic rings. The molecule has 5 rings (SSSR count). The Morgan fingerprint density at radius 3 is 2.88 bits per heavy atom. The maximum Gasteiger partial charge on any atom is 0.252 e. The first-order chi connectivity index (χ1) is 16.4. The van der Waals surface area contributed by atoms with Gasteiger partial charge in [0, 0.05) is 25.5 Å². The second kappa shape index (κ2) is 9.53. The van der Waals surface area contributed by atoms with E-state index >= 15 is 0 Å². The van der Waals surface area contributed by atoms with Crippen LogP contribution in [0.3, 0.4) is 0 Å². The third-order valence-corrected chi connectivity index (χ3v) is 10.2. The lowest BCUT2D eigenvalue weighted by Gasteiger charge is -2.33. The number of carbonyl (C=O) groups is 1. The normalized spacial score (nSPS) is 17.1. The first kappa shape index (κ1) is 23.1. The summed E-state index contributed by atoms with van der Waals surface area (Å²) in [6, 6.07) is 13.2. The van der Waals surface area contributed by atoms with Crippen molar-refractivity contribution in [3.63, 3.8) is 0 Å². The second-order valence-corrected chi connectivity index (χ2v) is 12.5. The molecule has 1 aliphatic rings. The lowest BCUT2D eigenvalue weighted by atomic mass is 9.98. The van der Waals surface area contributed by atoms with E-state index in [0.29, 0.717) is 35.3 Å². The quantitative estimate of drug-likeness (QED) is 0.374. The van der Waals surface area contributed by atoms with Crippen LogP contribution in [-0.2, 0) is 21.4 Å². The van der Waals surface area contributed by atoms with Crippen LogP contribution in [0.25, 0.3) is 10.2 Å². The number of thiazole rings is 1. The molecule has 176 valence electrons. The molecule has 0 saturated carbocycles. The predicted octanol–water partition coefficient (Wildman–Crippen LogP) is 4.70. The van der Waals surface area contributed by atoms with Gasteiger partial charge in [-0.1, -0.05) is 29.5 Å². The van der Waals surface area contributed by atoms with Crippen LogP contribution in [0, 0.1) is 12.8 Å². The topological polar surface area (TPSA) is 83.5 Å². The van der Waals surface area contributed by atoms with Crippen molar-refractivity contribution in [1.82, 2.24) is 14.3 Å². The number of anilines is 1. The molecule has 0 radical (unpaired) electrons. The molecule has 1 fully saturated rings. The van der Waals surface area contributed by atoms with Crippen LogP contribution >= 0.6 is 22.7 Å². The van der Waals surface area contributed by atoms with Crippen molar-refractivity contribution >= 4 is 54.0 Å². The van der Waals surface area contributed by atoms with Gasteiger partial charge in [0.1, 0.15) is 4.21 Å². The van der Waals surface area contributed by atoms with Gasteiger partial charge in [0.15, 0.2) is 5.13 Å². The van der Waals surface area contributed by atoms with E-state index in [1.54, 1.807) is 34.8 Å². The summed E-state index contributed by atoms with van der Waals surface area (Å²) >= 11 is 2.68. The number of piperidine rings is 1. The molecule has 1 saturated heterocycles. The number of benzene rings is 1. The highest BCUT2D eigenvalue weighted by Crippen LogP contribution is 2.33. The van der Waals surface area contributed by atoms with Crippen LogP contribution in [0.1, 0.15) is 24.0 Å². The van der Waals surface area contributed by atoms with Gasteiger partial charge in [0.2, 0.25) is 5.91 Å². The Bertz CT molecular complexity index is 1400. The fourth-order valence-corrected chi connectivity index (χ4v) is 7.91. The maximum absolute atomic E-state index is 13.9. The monoisotopic (exact) mass is 512 g/mol. The molecule has 4 heterocycles. The smallest absolute Gasteiger partial charge is 0.252 e. The standard InChI is InChI=1S/C24H24N4O3S3/c1-17-8-9-20-21(13-17)33-24(26-20)28(15-18-5-2-10-25-14-18)23(29)19-6-3-11-27(16-19)34(30,31)22-7-4-12-32-22/h2,4-5,7-10,12-14,19H,3,6,11,15-16H2,1H3. The number of pyridine rings is 1. The summed E-state index contributed by atoms with van der Waals surface area (Å²) in [5.74, 6) is -0.542. The molecular weight excluding hydrogens is 488 g/mol. The van der Waals surface area contributed by atoms with Crippen LogP contribution in [0.2, 0.25) is 0 Å². The Morgan fingerprint density at radius 2 is 2.12 bits per heavy atom. The number of aromatic nitrogens is 2. The van der Waals surface area contributed by atoms with Gasteiger partial charge < -0.3 is 0 Å². The summed E-state index contributed by atoms with van der Waals surface area (Å²) in [7, 11) is -3.60. The Morgan fingerprint density at radius 1 is 1.24 bits per heavy atom. The molecular formula is C24H24N4O3S3. The molecule has 1 unspecified atom stereocenters. The number of thiophene rings is 1. The predicted molar refractivity (Wildman–Crippen MR) is 136 cm³/mol. The highest BCUT2D eigenvalue weighted by molar-refractivity contribution is 7.91. The molecule has 7 nitrogen and oxygen atoms in total. The zero-order chi connectivity index (χ0) is 23.7. The SMILES string of the molecule is Cc1ccc2nc(N(Cc3cccnc3)C(=O)C3CCCN(S(=O)(=O)c4cccs4)C3)sc2c1. The number of carbonyl (C=O) groups excluding carboxylic acids is 1. The average Bonchev–Trinajstić information content (AvgIpc) is 3.53. The maximum atomic E-state index is 13.9. The number of hydrogen-bond donors (Lipinski definition) is 0. The number of aryl methyl sites for hydroxylation is 1. The van der Waals surface area contributed by atoms with Crippen molar-refractivity contribution in [1.29, 1.82) is 0 Å². The average molecular weight is 513 g/mol. The zero-order valence-corrected chi connectivity index (χ0v) is 21.1. The molecule has 1 amide bonds. The minimum absolute atomic E-state index is 0.106. The van der Waals surface area contributed by atoms with Crippen LogP contribution in [0.5, 0.6) is 0 Å². The Balaban J connectivity index is 1.46. The number of nitrogens with zero attached hydrogens (tertiary/aromatic N) is 4. The lowest BCUT2D eigenvalue weighted by molar-refractivity contribution is -0.123. The minimum atomic E-state index is -3.60. The highest BCUT2D eigenvalue weighted by atomic mass is 32.2. The fourth-order valence-electron chi connectivity index (χ4n) is 4.17. The van der Waals surface area contributed by atoms with Gasteiger partial charge in [-0.15, -0.1) is 11.3 Å². The third-order valence-electron chi connectivity index (χ3n) is 5.92. The van der Waals surface area contributed by atoms with Gasteiger partial charge in [0.25, 0.3) is 10.0 Å². The Kier molecular flexibility index (Phi) is 6.48. The van der Waals surface area contributed by atoms with Gasteiger partial charge in [-0.25, -0.2) is 13.4 Å². The molecule has 3 aromatic heterocycles. The van der Waals surface area contributed by atoms with Crippen LogP contribution in [0.15, 0.2) is 64.4 Å². The third kappa shape index (κ3) is 4.63. The van der Waals surface area contributed by atoms with E-state index in [4.69, 9.17) is 4.98 Å². The summed E-state index contributed by atoms with van der Waals surface area (Å²) in [5, 5.41) is 2.37. The van der Waals surface area contributed by atoms with E-state index in [1.165, 1.54) is 27.0 Å². The van der Waals surface area contributed by atoms with Gasteiger partial charge in [-0.05, 0) is 60.5 Å². The molecule has 1 aliphatic heterocycles. The number of fused-ring (bicyclic) bond motifs is 1. The Labute approximate surface area is 206 Å². The first-order valence-corrected chi connectivity index (χ1v) is 14.2. The van der Waals surface area contributed by atoms with Crippen molar-refractivity contribution < 1.29 is 13.2 Å². The molecule has 1 aromatic carbocycles. The van der Waals surface area contributed by atoms with E-state index in [1.807, 2.05) is 31.2 Å². The number of sulfonamides is 1. The molecule has 0 aliphatic carbocycles. The lowest BCUT2D eigenvalue weighted by Crippen LogP contribution is -2.46. The van der Waals surface area contributed by atoms with Crippen molar-refractivity contribution in [2.45, 2.75) is 30.5 Å². The van der Waals surface area contributed by atoms with Crippen LogP contribution < -0.4 is 4.90 Å². The largest absolute Gasteiger partial charge is 0.283 e. The first-order valence-electron chi connectivity index (χ1n) is 11.0. The van der Waals surface area contributed by atoms with Gasteiger partial charge in [-0.2, -0.15) is 4.31 Å².